The van der Waals surface area contributed by atoms with E-state index in [1.165, 1.54) is 16.4 Å². The molecule has 1 amide bonds. The van der Waals surface area contributed by atoms with Crippen LogP contribution < -0.4 is 5.32 Å². The number of sulfonamides is 1. The van der Waals surface area contributed by atoms with Crippen molar-refractivity contribution in [3.63, 3.8) is 0 Å². The highest BCUT2D eigenvalue weighted by molar-refractivity contribution is 7.89. The van der Waals surface area contributed by atoms with Crippen molar-refractivity contribution < 1.29 is 13.2 Å². The van der Waals surface area contributed by atoms with Gasteiger partial charge < -0.3 is 10.2 Å². The summed E-state index contributed by atoms with van der Waals surface area (Å²) >= 11 is 1.64. The Morgan fingerprint density at radius 3 is 2.41 bits per heavy atom. The van der Waals surface area contributed by atoms with Crippen molar-refractivity contribution >= 4 is 27.3 Å². The second-order valence-electron chi connectivity index (χ2n) is 6.32. The van der Waals surface area contributed by atoms with Gasteiger partial charge in [-0.1, -0.05) is 26.0 Å². The first-order valence-corrected chi connectivity index (χ1v) is 11.2. The lowest BCUT2D eigenvalue weighted by Crippen LogP contribution is -2.34. The van der Waals surface area contributed by atoms with E-state index in [9.17, 15) is 13.2 Å². The molecule has 1 atom stereocenters. The molecule has 1 heterocycles. The van der Waals surface area contributed by atoms with E-state index in [2.05, 4.69) is 5.32 Å². The molecule has 8 heteroatoms. The lowest BCUT2D eigenvalue weighted by Gasteiger charge is -2.23. The second-order valence-corrected chi connectivity index (χ2v) is 9.24. The number of rotatable bonds is 9. The molecule has 148 valence electrons. The summed E-state index contributed by atoms with van der Waals surface area (Å²) in [7, 11) is 0.342. The van der Waals surface area contributed by atoms with Crippen molar-refractivity contribution in [3.8, 4) is 0 Å². The summed E-state index contributed by atoms with van der Waals surface area (Å²) in [6.07, 6.45) is 0. The number of likely N-dealkylation sites (N-methyl/N-ethyl adjacent to an activating group) is 1. The average Bonchev–Trinajstić information content (AvgIpc) is 3.16. The summed E-state index contributed by atoms with van der Waals surface area (Å²) < 4.78 is 26.7. The Bertz CT molecular complexity index is 845. The summed E-state index contributed by atoms with van der Waals surface area (Å²) in [6.45, 7) is 4.81. The van der Waals surface area contributed by atoms with Crippen molar-refractivity contribution in [2.45, 2.75) is 24.8 Å². The van der Waals surface area contributed by atoms with Gasteiger partial charge in [-0.3, -0.25) is 4.79 Å². The standard InChI is InChI=1S/C19H27N3O3S2/c1-5-22(6-2)27(24,25)16-10-7-9-15(13-16)19(23)20-14-17(21(3)4)18-11-8-12-26-18/h7-13,17H,5-6,14H2,1-4H3,(H,20,23)/t17-/m1/s1. The van der Waals surface area contributed by atoms with E-state index >= 15 is 0 Å². The Hall–Kier alpha value is -1.74. The van der Waals surface area contributed by atoms with E-state index in [4.69, 9.17) is 0 Å². The Morgan fingerprint density at radius 2 is 1.85 bits per heavy atom. The Balaban J connectivity index is 2.15. The van der Waals surface area contributed by atoms with Crippen LogP contribution in [0.2, 0.25) is 0 Å². The zero-order chi connectivity index (χ0) is 20.0. The summed E-state index contributed by atoms with van der Waals surface area (Å²) in [5.41, 5.74) is 0.340. The third-order valence-corrected chi connectivity index (χ3v) is 7.41. The SMILES string of the molecule is CCN(CC)S(=O)(=O)c1cccc(C(=O)NC[C@H](c2cccs2)N(C)C)c1. The fourth-order valence-corrected chi connectivity index (χ4v) is 5.25. The van der Waals surface area contributed by atoms with E-state index in [0.29, 0.717) is 25.2 Å². The Labute approximate surface area is 165 Å². The van der Waals surface area contributed by atoms with Gasteiger partial charge in [-0.15, -0.1) is 11.3 Å². The molecule has 1 N–H and O–H groups in total. The first kappa shape index (κ1) is 21.6. The number of carbonyl (C=O) groups excluding carboxylic acids is 1. The summed E-state index contributed by atoms with van der Waals surface area (Å²) in [4.78, 5) is 15.9. The van der Waals surface area contributed by atoms with Crippen molar-refractivity contribution in [3.05, 3.63) is 52.2 Å². The second kappa shape index (κ2) is 9.45. The van der Waals surface area contributed by atoms with Gasteiger partial charge >= 0.3 is 0 Å². The van der Waals surface area contributed by atoms with Crippen LogP contribution in [-0.2, 0) is 10.0 Å². The molecule has 1 aromatic heterocycles. The minimum absolute atomic E-state index is 0.0662. The van der Waals surface area contributed by atoms with Gasteiger partial charge in [0.05, 0.1) is 10.9 Å². The van der Waals surface area contributed by atoms with E-state index in [1.54, 1.807) is 37.3 Å². The lowest BCUT2D eigenvalue weighted by molar-refractivity contribution is 0.0942. The molecule has 0 unspecified atom stereocenters. The normalized spacial score (nSPS) is 13.1. The number of benzene rings is 1. The number of hydrogen-bond donors (Lipinski definition) is 1. The molecule has 6 nitrogen and oxygen atoms in total. The van der Waals surface area contributed by atoms with Crippen LogP contribution in [0.15, 0.2) is 46.7 Å². The highest BCUT2D eigenvalue weighted by atomic mass is 32.2. The first-order valence-electron chi connectivity index (χ1n) is 8.89. The van der Waals surface area contributed by atoms with Crippen LogP contribution in [0.1, 0.15) is 35.1 Å². The number of nitrogens with zero attached hydrogens (tertiary/aromatic N) is 2. The molecule has 0 saturated heterocycles. The lowest BCUT2D eigenvalue weighted by atomic mass is 10.2. The molecule has 27 heavy (non-hydrogen) atoms. The molecule has 0 aliphatic heterocycles. The van der Waals surface area contributed by atoms with Gasteiger partial charge in [0.2, 0.25) is 10.0 Å². The Morgan fingerprint density at radius 1 is 1.15 bits per heavy atom. The third-order valence-electron chi connectivity index (χ3n) is 4.39. The van der Waals surface area contributed by atoms with Crippen LogP contribution in [0.5, 0.6) is 0 Å². The van der Waals surface area contributed by atoms with Crippen LogP contribution in [0.25, 0.3) is 0 Å². The maximum Gasteiger partial charge on any atom is 0.251 e. The first-order chi connectivity index (χ1) is 12.8. The number of hydrogen-bond acceptors (Lipinski definition) is 5. The largest absolute Gasteiger partial charge is 0.350 e. The molecular weight excluding hydrogens is 382 g/mol. The van der Waals surface area contributed by atoms with Gasteiger partial charge in [-0.25, -0.2) is 8.42 Å². The zero-order valence-corrected chi connectivity index (χ0v) is 17.8. The van der Waals surface area contributed by atoms with Crippen LogP contribution in [-0.4, -0.2) is 57.3 Å². The molecule has 0 fully saturated rings. The highest BCUT2D eigenvalue weighted by Gasteiger charge is 2.23. The van der Waals surface area contributed by atoms with Gasteiger partial charge in [0.25, 0.3) is 5.91 Å². The van der Waals surface area contributed by atoms with Gasteiger partial charge in [0.15, 0.2) is 0 Å². The van der Waals surface area contributed by atoms with Crippen LogP contribution in [0.4, 0.5) is 0 Å². The van der Waals surface area contributed by atoms with Crippen LogP contribution in [0, 0.1) is 0 Å². The fraction of sp³-hybridized carbons (Fsp3) is 0.421. The molecular formula is C19H27N3O3S2. The minimum atomic E-state index is -3.59. The molecule has 1 aromatic carbocycles. The zero-order valence-electron chi connectivity index (χ0n) is 16.2. The minimum Gasteiger partial charge on any atom is -0.350 e. The molecule has 0 radical (unpaired) electrons. The topological polar surface area (TPSA) is 69.7 Å². The molecule has 0 saturated carbocycles. The number of carbonyl (C=O) groups is 1. The highest BCUT2D eigenvalue weighted by Crippen LogP contribution is 2.22. The van der Waals surface area contributed by atoms with Crippen molar-refractivity contribution in [1.29, 1.82) is 0 Å². The molecule has 0 spiro atoms. The van der Waals surface area contributed by atoms with Gasteiger partial charge in [-0.05, 0) is 43.7 Å². The molecule has 0 aliphatic rings. The summed E-state index contributed by atoms with van der Waals surface area (Å²) in [5, 5.41) is 4.93. The fourth-order valence-electron chi connectivity index (χ4n) is 2.82. The van der Waals surface area contributed by atoms with Crippen molar-refractivity contribution in [2.75, 3.05) is 33.7 Å². The predicted octanol–water partition coefficient (Wildman–Crippen LogP) is 2.81. The maximum atomic E-state index is 12.7. The number of amides is 1. The molecule has 0 bridgehead atoms. The summed E-state index contributed by atoms with van der Waals surface area (Å²) in [5.74, 6) is -0.282. The van der Waals surface area contributed by atoms with E-state index < -0.39 is 10.0 Å². The maximum absolute atomic E-state index is 12.7. The van der Waals surface area contributed by atoms with E-state index in [-0.39, 0.29) is 16.8 Å². The van der Waals surface area contributed by atoms with E-state index in [1.807, 2.05) is 36.5 Å². The number of nitrogens with one attached hydrogen (secondary N) is 1. The van der Waals surface area contributed by atoms with Crippen molar-refractivity contribution in [2.24, 2.45) is 0 Å². The smallest absolute Gasteiger partial charge is 0.251 e. The molecule has 2 rings (SSSR count). The van der Waals surface area contributed by atoms with Crippen LogP contribution in [0.3, 0.4) is 0 Å². The van der Waals surface area contributed by atoms with Crippen molar-refractivity contribution in [1.82, 2.24) is 14.5 Å². The van der Waals surface area contributed by atoms with E-state index in [0.717, 1.165) is 4.88 Å². The average molecular weight is 410 g/mol. The van der Waals surface area contributed by atoms with Gasteiger partial charge in [0.1, 0.15) is 0 Å². The Kier molecular flexibility index (Phi) is 7.55. The molecule has 2 aromatic rings. The van der Waals surface area contributed by atoms with Gasteiger partial charge in [-0.2, -0.15) is 4.31 Å². The predicted molar refractivity (Wildman–Crippen MR) is 110 cm³/mol. The van der Waals surface area contributed by atoms with Crippen LogP contribution >= 0.6 is 11.3 Å². The summed E-state index contributed by atoms with van der Waals surface area (Å²) in [6, 6.07) is 10.3. The van der Waals surface area contributed by atoms with Gasteiger partial charge in [0, 0.05) is 30.1 Å². The third kappa shape index (κ3) is 5.16. The quantitative estimate of drug-likeness (QED) is 0.691. The molecule has 0 aliphatic carbocycles. The number of thiophene rings is 1. The monoisotopic (exact) mass is 409 g/mol.